The molecule has 0 saturated heterocycles. The second-order valence-corrected chi connectivity index (χ2v) is 7.64. The van der Waals surface area contributed by atoms with Gasteiger partial charge in [0, 0.05) is 22.8 Å². The number of hydrogen-bond acceptors (Lipinski definition) is 5. The smallest absolute Gasteiger partial charge is 0.293 e. The van der Waals surface area contributed by atoms with E-state index in [4.69, 9.17) is 21.1 Å². The summed E-state index contributed by atoms with van der Waals surface area (Å²) in [4.78, 5) is 12.6. The van der Waals surface area contributed by atoms with Gasteiger partial charge in [-0.2, -0.15) is 10.2 Å². The van der Waals surface area contributed by atoms with Gasteiger partial charge in [0.2, 0.25) is 0 Å². The molecular formula is C21H20BrClN4O3. The second-order valence-electron chi connectivity index (χ2n) is 6.35. The number of amides is 1. The number of carbonyl (C=O) groups excluding carboxylic acids is 1. The summed E-state index contributed by atoms with van der Waals surface area (Å²) in [5.41, 5.74) is 5.12. The molecule has 0 atom stereocenters. The van der Waals surface area contributed by atoms with Crippen LogP contribution >= 0.6 is 27.5 Å². The molecule has 3 rings (SSSR count). The van der Waals surface area contributed by atoms with Gasteiger partial charge in [-0.15, -0.1) is 0 Å². The fourth-order valence-corrected chi connectivity index (χ4v) is 3.38. The van der Waals surface area contributed by atoms with E-state index in [1.54, 1.807) is 44.2 Å². The Labute approximate surface area is 187 Å². The second kappa shape index (κ2) is 9.77. The number of rotatable bonds is 7. The van der Waals surface area contributed by atoms with E-state index < -0.39 is 5.91 Å². The zero-order valence-corrected chi connectivity index (χ0v) is 19.0. The van der Waals surface area contributed by atoms with Gasteiger partial charge in [-0.05, 0) is 52.7 Å². The van der Waals surface area contributed by atoms with Crippen LogP contribution in [-0.2, 0) is 6.54 Å². The molecule has 156 valence electrons. The summed E-state index contributed by atoms with van der Waals surface area (Å²) in [5.74, 6) is 0.837. The highest BCUT2D eigenvalue weighted by molar-refractivity contribution is 9.10. The highest BCUT2D eigenvalue weighted by Gasteiger charge is 2.16. The Bertz CT molecular complexity index is 1080. The zero-order chi connectivity index (χ0) is 21.7. The van der Waals surface area contributed by atoms with E-state index in [1.165, 1.54) is 0 Å². The molecule has 0 bridgehead atoms. The van der Waals surface area contributed by atoms with Crippen LogP contribution in [0.2, 0.25) is 5.02 Å². The van der Waals surface area contributed by atoms with Gasteiger partial charge < -0.3 is 9.47 Å². The van der Waals surface area contributed by atoms with Gasteiger partial charge in [0.1, 0.15) is 11.5 Å². The van der Waals surface area contributed by atoms with Gasteiger partial charge in [-0.1, -0.05) is 23.7 Å². The number of halogens is 2. The average molecular weight is 492 g/mol. The highest BCUT2D eigenvalue weighted by atomic mass is 79.9. The van der Waals surface area contributed by atoms with Crippen LogP contribution in [0.25, 0.3) is 0 Å². The molecule has 9 heteroatoms. The number of nitrogens with zero attached hydrogens (tertiary/aromatic N) is 3. The molecule has 1 aromatic heterocycles. The van der Waals surface area contributed by atoms with Gasteiger partial charge in [0.15, 0.2) is 5.69 Å². The minimum absolute atomic E-state index is 0.238. The third-order valence-electron chi connectivity index (χ3n) is 4.31. The lowest BCUT2D eigenvalue weighted by atomic mass is 10.1. The van der Waals surface area contributed by atoms with Crippen LogP contribution in [0.4, 0.5) is 0 Å². The van der Waals surface area contributed by atoms with Gasteiger partial charge in [0.05, 0.1) is 30.9 Å². The summed E-state index contributed by atoms with van der Waals surface area (Å²) < 4.78 is 12.8. The molecule has 1 amide bonds. The van der Waals surface area contributed by atoms with Crippen LogP contribution in [0, 0.1) is 0 Å². The Morgan fingerprint density at radius 2 is 1.93 bits per heavy atom. The first-order chi connectivity index (χ1) is 14.4. The third-order valence-corrected chi connectivity index (χ3v) is 5.15. The first kappa shape index (κ1) is 21.9. The fourth-order valence-electron chi connectivity index (χ4n) is 2.75. The predicted molar refractivity (Wildman–Crippen MR) is 120 cm³/mol. The summed E-state index contributed by atoms with van der Waals surface area (Å²) in [5, 5.41) is 9.21. The molecule has 0 spiro atoms. The number of nitrogens with one attached hydrogen (secondary N) is 1. The van der Waals surface area contributed by atoms with Gasteiger partial charge in [0.25, 0.3) is 5.91 Å². The van der Waals surface area contributed by atoms with E-state index in [9.17, 15) is 4.79 Å². The Kier molecular flexibility index (Phi) is 7.12. The zero-order valence-electron chi connectivity index (χ0n) is 16.6. The minimum Gasteiger partial charge on any atom is -0.497 e. The van der Waals surface area contributed by atoms with E-state index in [0.717, 1.165) is 11.1 Å². The average Bonchev–Trinajstić information content (AvgIpc) is 3.12. The molecule has 2 aromatic carbocycles. The number of ether oxygens (including phenoxy) is 2. The Morgan fingerprint density at radius 3 is 2.60 bits per heavy atom. The van der Waals surface area contributed by atoms with Crippen molar-refractivity contribution in [2.24, 2.45) is 5.10 Å². The van der Waals surface area contributed by atoms with Crippen molar-refractivity contribution in [2.75, 3.05) is 14.2 Å². The van der Waals surface area contributed by atoms with Crippen LogP contribution in [0.1, 0.15) is 28.5 Å². The fraction of sp³-hybridized carbons (Fsp3) is 0.190. The van der Waals surface area contributed by atoms with E-state index in [0.29, 0.717) is 33.3 Å². The molecule has 0 radical (unpaired) electrons. The highest BCUT2D eigenvalue weighted by Crippen LogP contribution is 2.25. The van der Waals surface area contributed by atoms with Crippen molar-refractivity contribution in [3.63, 3.8) is 0 Å². The van der Waals surface area contributed by atoms with Crippen molar-refractivity contribution in [3.8, 4) is 11.5 Å². The minimum atomic E-state index is -0.427. The van der Waals surface area contributed by atoms with Crippen molar-refractivity contribution in [2.45, 2.75) is 13.5 Å². The lowest BCUT2D eigenvalue weighted by Crippen LogP contribution is -2.21. The van der Waals surface area contributed by atoms with Crippen LogP contribution in [0.3, 0.4) is 0 Å². The SMILES string of the molecule is COc1ccc(C(C)=NNC(=O)c2nn(Cc3ccc(Cl)cc3)cc2Br)c(OC)c1. The summed E-state index contributed by atoms with van der Waals surface area (Å²) in [6.45, 7) is 2.28. The van der Waals surface area contributed by atoms with E-state index in [-0.39, 0.29) is 5.69 Å². The predicted octanol–water partition coefficient (Wildman–Crippen LogP) is 4.52. The molecule has 0 aliphatic heterocycles. The van der Waals surface area contributed by atoms with Crippen molar-refractivity contribution in [1.82, 2.24) is 15.2 Å². The van der Waals surface area contributed by atoms with Crippen LogP contribution in [0.15, 0.2) is 58.2 Å². The number of hydrazone groups is 1. The number of hydrogen-bond donors (Lipinski definition) is 1. The first-order valence-electron chi connectivity index (χ1n) is 8.95. The van der Waals surface area contributed by atoms with Gasteiger partial charge in [-0.3, -0.25) is 9.48 Å². The monoisotopic (exact) mass is 490 g/mol. The number of methoxy groups -OCH3 is 2. The molecule has 0 unspecified atom stereocenters. The third kappa shape index (κ3) is 5.20. The van der Waals surface area contributed by atoms with E-state index in [1.807, 2.05) is 30.3 Å². The molecule has 7 nitrogen and oxygen atoms in total. The lowest BCUT2D eigenvalue weighted by molar-refractivity contribution is 0.0948. The molecule has 0 aliphatic rings. The Morgan fingerprint density at radius 1 is 1.20 bits per heavy atom. The van der Waals surface area contributed by atoms with Gasteiger partial charge >= 0.3 is 0 Å². The Balaban J connectivity index is 1.73. The van der Waals surface area contributed by atoms with Crippen molar-refractivity contribution >= 4 is 39.1 Å². The maximum Gasteiger partial charge on any atom is 0.293 e. The number of carbonyl (C=O) groups is 1. The standard InChI is InChI=1S/C21H20BrClN4O3/c1-13(17-9-8-16(29-2)10-19(17)30-3)24-25-21(28)20-18(22)12-27(26-20)11-14-4-6-15(23)7-5-14/h4-10,12H,11H2,1-3H3,(H,25,28). The first-order valence-corrected chi connectivity index (χ1v) is 10.1. The summed E-state index contributed by atoms with van der Waals surface area (Å²) in [6, 6.07) is 12.8. The van der Waals surface area contributed by atoms with Crippen molar-refractivity contribution < 1.29 is 14.3 Å². The van der Waals surface area contributed by atoms with Gasteiger partial charge in [-0.25, -0.2) is 5.43 Å². The maximum atomic E-state index is 12.6. The molecule has 0 fully saturated rings. The number of benzene rings is 2. The quantitative estimate of drug-likeness (QED) is 0.389. The molecule has 1 heterocycles. The largest absolute Gasteiger partial charge is 0.497 e. The summed E-state index contributed by atoms with van der Waals surface area (Å²) in [7, 11) is 3.15. The topological polar surface area (TPSA) is 77.7 Å². The van der Waals surface area contributed by atoms with Crippen LogP contribution in [0.5, 0.6) is 11.5 Å². The molecule has 30 heavy (non-hydrogen) atoms. The molecule has 0 saturated carbocycles. The van der Waals surface area contributed by atoms with Crippen LogP contribution in [-0.4, -0.2) is 35.6 Å². The van der Waals surface area contributed by atoms with E-state index >= 15 is 0 Å². The normalized spacial score (nSPS) is 11.3. The molecule has 3 aromatic rings. The summed E-state index contributed by atoms with van der Waals surface area (Å²) >= 11 is 9.30. The lowest BCUT2D eigenvalue weighted by Gasteiger charge is -2.10. The maximum absolute atomic E-state index is 12.6. The Hall–Kier alpha value is -2.84. The van der Waals surface area contributed by atoms with Crippen molar-refractivity contribution in [1.29, 1.82) is 0 Å². The molecule has 1 N–H and O–H groups in total. The summed E-state index contributed by atoms with van der Waals surface area (Å²) in [6.07, 6.45) is 1.74. The van der Waals surface area contributed by atoms with E-state index in [2.05, 4.69) is 31.6 Å². The molecule has 0 aliphatic carbocycles. The molecular weight excluding hydrogens is 472 g/mol. The number of aromatic nitrogens is 2. The van der Waals surface area contributed by atoms with Crippen LogP contribution < -0.4 is 14.9 Å². The van der Waals surface area contributed by atoms with Crippen molar-refractivity contribution in [3.05, 3.63) is 75.0 Å².